The number of amides is 1. The summed E-state index contributed by atoms with van der Waals surface area (Å²) in [6.45, 7) is 2.41. The molecule has 2 unspecified atom stereocenters. The molecule has 0 aromatic heterocycles. The first kappa shape index (κ1) is 13.0. The third kappa shape index (κ3) is 3.26. The Morgan fingerprint density at radius 3 is 2.56 bits per heavy atom. The summed E-state index contributed by atoms with van der Waals surface area (Å²) in [5, 5.41) is 6.02. The summed E-state index contributed by atoms with van der Waals surface area (Å²) in [4.78, 5) is 11.0. The Morgan fingerprint density at radius 1 is 1.33 bits per heavy atom. The van der Waals surface area contributed by atoms with Crippen molar-refractivity contribution in [1.82, 2.24) is 10.6 Å². The molecule has 1 aromatic rings. The minimum atomic E-state index is -0.574. The van der Waals surface area contributed by atoms with Crippen LogP contribution < -0.4 is 10.6 Å². The van der Waals surface area contributed by atoms with E-state index in [4.69, 9.17) is 0 Å². The predicted molar refractivity (Wildman–Crippen MR) is 63.9 cm³/mol. The zero-order valence-electron chi connectivity index (χ0n) is 10.2. The molecule has 2 N–H and O–H groups in total. The average molecular weight is 254 g/mol. The van der Waals surface area contributed by atoms with Crippen LogP contribution in [0.5, 0.6) is 0 Å². The number of carbonyl (C=O) groups excluding carboxylic acids is 1. The van der Waals surface area contributed by atoms with Gasteiger partial charge in [0.1, 0.15) is 11.6 Å². The molecule has 18 heavy (non-hydrogen) atoms. The molecule has 5 heteroatoms. The molecule has 1 fully saturated rings. The fourth-order valence-corrected chi connectivity index (χ4v) is 2.15. The van der Waals surface area contributed by atoms with Gasteiger partial charge in [-0.3, -0.25) is 4.79 Å². The van der Waals surface area contributed by atoms with Gasteiger partial charge in [0, 0.05) is 31.1 Å². The molecule has 1 saturated heterocycles. The van der Waals surface area contributed by atoms with Crippen LogP contribution >= 0.6 is 0 Å². The standard InChI is InChI=1S/C13H16F2N2O/c1-8(9-4-10(14)6-11(15)5-9)17-12-2-3-13(18)16-7-12/h4-6,8,12,17H,2-3,7H2,1H3,(H,16,18). The maximum atomic E-state index is 13.1. The molecule has 0 radical (unpaired) electrons. The van der Waals surface area contributed by atoms with Gasteiger partial charge in [0.25, 0.3) is 0 Å². The molecule has 0 aliphatic carbocycles. The largest absolute Gasteiger partial charge is 0.355 e. The topological polar surface area (TPSA) is 41.1 Å². The number of nitrogens with one attached hydrogen (secondary N) is 2. The maximum Gasteiger partial charge on any atom is 0.220 e. The predicted octanol–water partition coefficient (Wildman–Crippen LogP) is 1.89. The average Bonchev–Trinajstić information content (AvgIpc) is 2.31. The van der Waals surface area contributed by atoms with Crippen LogP contribution in [0.15, 0.2) is 18.2 Å². The Kier molecular flexibility index (Phi) is 3.91. The van der Waals surface area contributed by atoms with Crippen molar-refractivity contribution >= 4 is 5.91 Å². The smallest absolute Gasteiger partial charge is 0.220 e. The van der Waals surface area contributed by atoms with Crippen LogP contribution in [0.3, 0.4) is 0 Å². The van der Waals surface area contributed by atoms with Gasteiger partial charge in [0.15, 0.2) is 0 Å². The van der Waals surface area contributed by atoms with Gasteiger partial charge >= 0.3 is 0 Å². The van der Waals surface area contributed by atoms with Crippen molar-refractivity contribution < 1.29 is 13.6 Å². The highest BCUT2D eigenvalue weighted by molar-refractivity contribution is 5.76. The summed E-state index contributed by atoms with van der Waals surface area (Å²) in [5.41, 5.74) is 0.574. The molecule has 0 spiro atoms. The van der Waals surface area contributed by atoms with Gasteiger partial charge in [-0.2, -0.15) is 0 Å². The summed E-state index contributed by atoms with van der Waals surface area (Å²) < 4.78 is 26.2. The van der Waals surface area contributed by atoms with E-state index in [9.17, 15) is 13.6 Å². The lowest BCUT2D eigenvalue weighted by molar-refractivity contribution is -0.122. The van der Waals surface area contributed by atoms with Crippen molar-refractivity contribution in [3.05, 3.63) is 35.4 Å². The normalized spacial score (nSPS) is 21.5. The number of benzene rings is 1. The third-order valence-corrected chi connectivity index (χ3v) is 3.14. The van der Waals surface area contributed by atoms with E-state index >= 15 is 0 Å². The molecule has 1 aliphatic heterocycles. The second-order valence-electron chi connectivity index (χ2n) is 4.63. The van der Waals surface area contributed by atoms with Crippen LogP contribution in [-0.4, -0.2) is 18.5 Å². The monoisotopic (exact) mass is 254 g/mol. The summed E-state index contributed by atoms with van der Waals surface area (Å²) in [6.07, 6.45) is 1.23. The van der Waals surface area contributed by atoms with Crippen LogP contribution in [0, 0.1) is 11.6 Å². The molecule has 1 heterocycles. The highest BCUT2D eigenvalue weighted by Gasteiger charge is 2.20. The van der Waals surface area contributed by atoms with Crippen molar-refractivity contribution in [2.24, 2.45) is 0 Å². The highest BCUT2D eigenvalue weighted by atomic mass is 19.1. The molecular weight excluding hydrogens is 238 g/mol. The first-order chi connectivity index (χ1) is 8.54. The van der Waals surface area contributed by atoms with E-state index in [-0.39, 0.29) is 18.0 Å². The van der Waals surface area contributed by atoms with Gasteiger partial charge < -0.3 is 10.6 Å². The lowest BCUT2D eigenvalue weighted by Gasteiger charge is -2.27. The summed E-state index contributed by atoms with van der Waals surface area (Å²) in [5.74, 6) is -1.09. The Morgan fingerprint density at radius 2 is 2.00 bits per heavy atom. The van der Waals surface area contributed by atoms with Crippen LogP contribution in [0.4, 0.5) is 8.78 Å². The van der Waals surface area contributed by atoms with E-state index in [0.717, 1.165) is 12.5 Å². The van der Waals surface area contributed by atoms with Crippen LogP contribution in [0.25, 0.3) is 0 Å². The van der Waals surface area contributed by atoms with Crippen molar-refractivity contribution in [2.75, 3.05) is 6.54 Å². The Balaban J connectivity index is 1.98. The van der Waals surface area contributed by atoms with E-state index < -0.39 is 11.6 Å². The zero-order chi connectivity index (χ0) is 13.1. The van der Waals surface area contributed by atoms with Gasteiger partial charge in [0.05, 0.1) is 0 Å². The van der Waals surface area contributed by atoms with E-state index in [1.54, 1.807) is 0 Å². The quantitative estimate of drug-likeness (QED) is 0.865. The second-order valence-corrected chi connectivity index (χ2v) is 4.63. The van der Waals surface area contributed by atoms with E-state index in [0.29, 0.717) is 18.5 Å². The van der Waals surface area contributed by atoms with Gasteiger partial charge in [-0.25, -0.2) is 8.78 Å². The first-order valence-electron chi connectivity index (χ1n) is 6.03. The molecule has 0 saturated carbocycles. The fourth-order valence-electron chi connectivity index (χ4n) is 2.15. The number of halogens is 2. The number of carbonyl (C=O) groups is 1. The molecule has 1 amide bonds. The molecule has 0 bridgehead atoms. The summed E-state index contributed by atoms with van der Waals surface area (Å²) in [6, 6.07) is 3.49. The molecule has 98 valence electrons. The summed E-state index contributed by atoms with van der Waals surface area (Å²) >= 11 is 0. The van der Waals surface area contributed by atoms with Crippen LogP contribution in [0.2, 0.25) is 0 Å². The van der Waals surface area contributed by atoms with Gasteiger partial charge in [-0.15, -0.1) is 0 Å². The van der Waals surface area contributed by atoms with Gasteiger partial charge in [-0.05, 0) is 31.0 Å². The lowest BCUT2D eigenvalue weighted by Crippen LogP contribution is -2.46. The number of hydrogen-bond acceptors (Lipinski definition) is 2. The minimum absolute atomic E-state index is 0.0532. The molecule has 2 atom stereocenters. The van der Waals surface area contributed by atoms with Gasteiger partial charge in [-0.1, -0.05) is 0 Å². The van der Waals surface area contributed by atoms with Crippen LogP contribution in [0.1, 0.15) is 31.4 Å². The Bertz CT molecular complexity index is 420. The highest BCUT2D eigenvalue weighted by Crippen LogP contribution is 2.17. The van der Waals surface area contributed by atoms with Crippen LogP contribution in [-0.2, 0) is 4.79 Å². The fraction of sp³-hybridized carbons (Fsp3) is 0.462. The lowest BCUT2D eigenvalue weighted by atomic mass is 10.0. The first-order valence-corrected chi connectivity index (χ1v) is 6.03. The number of hydrogen-bond donors (Lipinski definition) is 2. The van der Waals surface area contributed by atoms with Gasteiger partial charge in [0.2, 0.25) is 5.91 Å². The minimum Gasteiger partial charge on any atom is -0.355 e. The maximum absolute atomic E-state index is 13.1. The van der Waals surface area contributed by atoms with Crippen molar-refractivity contribution in [2.45, 2.75) is 31.8 Å². The molecule has 2 rings (SSSR count). The Labute approximate surface area is 105 Å². The number of piperidine rings is 1. The summed E-state index contributed by atoms with van der Waals surface area (Å²) in [7, 11) is 0. The molecular formula is C13H16F2N2O. The Hall–Kier alpha value is -1.49. The second kappa shape index (κ2) is 5.44. The zero-order valence-corrected chi connectivity index (χ0v) is 10.2. The third-order valence-electron chi connectivity index (χ3n) is 3.14. The van der Waals surface area contributed by atoms with E-state index in [1.807, 2.05) is 6.92 Å². The number of rotatable bonds is 3. The van der Waals surface area contributed by atoms with Crippen molar-refractivity contribution in [1.29, 1.82) is 0 Å². The molecule has 1 aliphatic rings. The van der Waals surface area contributed by atoms with Crippen molar-refractivity contribution in [3.63, 3.8) is 0 Å². The van der Waals surface area contributed by atoms with E-state index in [2.05, 4.69) is 10.6 Å². The van der Waals surface area contributed by atoms with Crippen molar-refractivity contribution in [3.8, 4) is 0 Å². The molecule has 1 aromatic carbocycles. The molecule has 3 nitrogen and oxygen atoms in total. The van der Waals surface area contributed by atoms with E-state index in [1.165, 1.54) is 12.1 Å². The SMILES string of the molecule is CC(NC1CCC(=O)NC1)c1cc(F)cc(F)c1.